The van der Waals surface area contributed by atoms with Gasteiger partial charge in [0.15, 0.2) is 0 Å². The van der Waals surface area contributed by atoms with E-state index in [9.17, 15) is 14.9 Å². The first kappa shape index (κ1) is 17.7. The van der Waals surface area contributed by atoms with Gasteiger partial charge in [0, 0.05) is 12.1 Å². The molecule has 1 aromatic carbocycles. The molecule has 1 amide bonds. The molecule has 0 fully saturated rings. The number of rotatable bonds is 6. The van der Waals surface area contributed by atoms with Gasteiger partial charge in [-0.25, -0.2) is 0 Å². The summed E-state index contributed by atoms with van der Waals surface area (Å²) in [5, 5.41) is 21.5. The maximum Gasteiger partial charge on any atom is 0.277 e. The summed E-state index contributed by atoms with van der Waals surface area (Å²) in [7, 11) is 0. The molecule has 26 heavy (non-hydrogen) atoms. The first-order valence-corrected chi connectivity index (χ1v) is 8.48. The van der Waals surface area contributed by atoms with Crippen molar-refractivity contribution >= 4 is 29.0 Å². The average molecular weight is 374 g/mol. The zero-order chi connectivity index (χ0) is 18.7. The highest BCUT2D eigenvalue weighted by Gasteiger charge is 2.15. The normalized spacial score (nSPS) is 10.7. The number of non-ortho nitro benzene ring substituents is 1. The minimum Gasteiger partial charge on any atom is -0.469 e. The minimum atomic E-state index is -0.512. The number of aromatic nitrogens is 2. The maximum absolute atomic E-state index is 12.1. The van der Waals surface area contributed by atoms with Crippen molar-refractivity contribution in [2.45, 2.75) is 19.1 Å². The van der Waals surface area contributed by atoms with E-state index in [0.717, 1.165) is 17.3 Å². The number of amides is 1. The summed E-state index contributed by atoms with van der Waals surface area (Å²) in [6.45, 7) is 3.53. The maximum atomic E-state index is 12.1. The van der Waals surface area contributed by atoms with Gasteiger partial charge >= 0.3 is 0 Å². The van der Waals surface area contributed by atoms with Crippen molar-refractivity contribution in [1.29, 1.82) is 0 Å². The van der Waals surface area contributed by atoms with Gasteiger partial charge in [-0.2, -0.15) is 0 Å². The highest BCUT2D eigenvalue weighted by Crippen LogP contribution is 2.27. The Labute approximate surface area is 151 Å². The number of nitrogens with one attached hydrogen (secondary N) is 1. The van der Waals surface area contributed by atoms with E-state index >= 15 is 0 Å². The first-order chi connectivity index (χ1) is 12.4. The smallest absolute Gasteiger partial charge is 0.277 e. The largest absolute Gasteiger partial charge is 0.469 e. The number of carbonyl (C=O) groups is 1. The quantitative estimate of drug-likeness (QED) is 0.394. The molecule has 0 aliphatic rings. The zero-order valence-corrected chi connectivity index (χ0v) is 14.7. The molecule has 10 heteroatoms. The number of thioether (sulfide) groups is 1. The van der Waals surface area contributed by atoms with Gasteiger partial charge in [0.1, 0.15) is 5.76 Å². The summed E-state index contributed by atoms with van der Waals surface area (Å²) in [4.78, 5) is 22.4. The molecule has 0 atom stereocenters. The Morgan fingerprint density at radius 1 is 1.31 bits per heavy atom. The molecule has 0 saturated carbocycles. The van der Waals surface area contributed by atoms with E-state index in [2.05, 4.69) is 15.5 Å². The van der Waals surface area contributed by atoms with Crippen LogP contribution >= 0.6 is 11.8 Å². The van der Waals surface area contributed by atoms with E-state index in [0.29, 0.717) is 22.9 Å². The van der Waals surface area contributed by atoms with Crippen LogP contribution in [0.1, 0.15) is 11.3 Å². The van der Waals surface area contributed by atoms with Crippen molar-refractivity contribution < 1.29 is 18.6 Å². The van der Waals surface area contributed by atoms with Crippen LogP contribution in [0, 0.1) is 24.0 Å². The molecular weight excluding hydrogens is 360 g/mol. The molecule has 0 aliphatic carbocycles. The molecule has 2 heterocycles. The first-order valence-electron chi connectivity index (χ1n) is 7.49. The van der Waals surface area contributed by atoms with Crippen LogP contribution in [0.15, 0.2) is 44.6 Å². The Morgan fingerprint density at radius 2 is 2.12 bits per heavy atom. The number of benzene rings is 1. The topological polar surface area (TPSA) is 124 Å². The fraction of sp³-hybridized carbons (Fsp3) is 0.188. The van der Waals surface area contributed by atoms with Gasteiger partial charge in [0.05, 0.1) is 28.2 Å². The van der Waals surface area contributed by atoms with E-state index in [4.69, 9.17) is 8.83 Å². The molecule has 3 rings (SSSR count). The summed E-state index contributed by atoms with van der Waals surface area (Å²) in [6, 6.07) is 6.01. The highest BCUT2D eigenvalue weighted by atomic mass is 32.2. The number of nitro benzene ring substituents is 1. The fourth-order valence-electron chi connectivity index (χ4n) is 2.16. The van der Waals surface area contributed by atoms with Crippen LogP contribution in [0.2, 0.25) is 0 Å². The van der Waals surface area contributed by atoms with Gasteiger partial charge in [-0.3, -0.25) is 14.9 Å². The summed E-state index contributed by atoms with van der Waals surface area (Å²) in [5.41, 5.74) is 1.73. The van der Waals surface area contributed by atoms with Crippen molar-refractivity contribution in [3.63, 3.8) is 0 Å². The molecule has 0 bridgehead atoms. The Balaban J connectivity index is 1.61. The standard InChI is InChI=1S/C16H14N4O5S/c1-9-3-4-11(20(22)23)7-13(9)17-14(21)8-26-16-19-18-15(25-16)12-5-6-24-10(12)2/h3-7H,8H2,1-2H3,(H,17,21). The van der Waals surface area contributed by atoms with Crippen LogP contribution in [0.4, 0.5) is 11.4 Å². The summed E-state index contributed by atoms with van der Waals surface area (Å²) in [5.74, 6) is 0.657. The zero-order valence-electron chi connectivity index (χ0n) is 13.9. The summed E-state index contributed by atoms with van der Waals surface area (Å²) >= 11 is 1.07. The van der Waals surface area contributed by atoms with Gasteiger partial charge in [-0.05, 0) is 25.5 Å². The molecule has 2 aromatic heterocycles. The van der Waals surface area contributed by atoms with E-state index in [1.54, 1.807) is 26.0 Å². The third-order valence-electron chi connectivity index (χ3n) is 3.53. The van der Waals surface area contributed by atoms with E-state index < -0.39 is 4.92 Å². The van der Waals surface area contributed by atoms with Crippen LogP contribution in [0.25, 0.3) is 11.5 Å². The van der Waals surface area contributed by atoms with Gasteiger partial charge in [0.25, 0.3) is 16.8 Å². The fourth-order valence-corrected chi connectivity index (χ4v) is 2.72. The SMILES string of the molecule is Cc1ccc([N+](=O)[O-])cc1NC(=O)CSc1nnc(-c2ccoc2C)o1. The second kappa shape index (κ2) is 7.40. The number of carbonyl (C=O) groups excluding carboxylic acids is 1. The minimum absolute atomic E-state index is 0.0220. The number of aryl methyl sites for hydroxylation is 2. The third-order valence-corrected chi connectivity index (χ3v) is 4.35. The molecule has 0 spiro atoms. The van der Waals surface area contributed by atoms with Gasteiger partial charge in [-0.1, -0.05) is 17.8 Å². The highest BCUT2D eigenvalue weighted by molar-refractivity contribution is 7.99. The van der Waals surface area contributed by atoms with E-state index in [1.807, 2.05) is 0 Å². The lowest BCUT2D eigenvalue weighted by Gasteiger charge is -2.07. The average Bonchev–Trinajstić information content (AvgIpc) is 3.23. The Kier molecular flexibility index (Phi) is 5.03. The van der Waals surface area contributed by atoms with E-state index in [-0.39, 0.29) is 22.6 Å². The van der Waals surface area contributed by atoms with Crippen LogP contribution < -0.4 is 5.32 Å². The van der Waals surface area contributed by atoms with Crippen LogP contribution in [-0.2, 0) is 4.79 Å². The molecule has 3 aromatic rings. The van der Waals surface area contributed by atoms with Crippen molar-refractivity contribution in [3.8, 4) is 11.5 Å². The van der Waals surface area contributed by atoms with Crippen molar-refractivity contribution in [2.24, 2.45) is 0 Å². The second-order valence-electron chi connectivity index (χ2n) is 5.36. The number of hydrogen-bond acceptors (Lipinski definition) is 8. The second-order valence-corrected chi connectivity index (χ2v) is 6.28. The molecule has 134 valence electrons. The Hall–Kier alpha value is -3.14. The van der Waals surface area contributed by atoms with Crippen LogP contribution in [0.5, 0.6) is 0 Å². The monoisotopic (exact) mass is 374 g/mol. The number of nitro groups is 1. The summed E-state index contributed by atoms with van der Waals surface area (Å²) in [6.07, 6.45) is 1.52. The number of anilines is 1. The van der Waals surface area contributed by atoms with Crippen molar-refractivity contribution in [2.75, 3.05) is 11.1 Å². The molecule has 0 saturated heterocycles. The van der Waals surface area contributed by atoms with Crippen LogP contribution in [-0.4, -0.2) is 26.8 Å². The Bertz CT molecular complexity index is 965. The van der Waals surface area contributed by atoms with Crippen molar-refractivity contribution in [3.05, 3.63) is 52.0 Å². The van der Waals surface area contributed by atoms with Gasteiger partial charge < -0.3 is 14.2 Å². The molecule has 9 nitrogen and oxygen atoms in total. The van der Waals surface area contributed by atoms with Crippen molar-refractivity contribution in [1.82, 2.24) is 10.2 Å². The predicted molar refractivity (Wildman–Crippen MR) is 93.9 cm³/mol. The van der Waals surface area contributed by atoms with E-state index in [1.165, 1.54) is 18.4 Å². The molecular formula is C16H14N4O5S. The third kappa shape index (κ3) is 3.91. The van der Waals surface area contributed by atoms with Gasteiger partial charge in [-0.15, -0.1) is 10.2 Å². The van der Waals surface area contributed by atoms with Gasteiger partial charge in [0.2, 0.25) is 5.91 Å². The lowest BCUT2D eigenvalue weighted by Crippen LogP contribution is -2.15. The Morgan fingerprint density at radius 3 is 2.81 bits per heavy atom. The van der Waals surface area contributed by atoms with Crippen LogP contribution in [0.3, 0.4) is 0 Å². The summed E-state index contributed by atoms with van der Waals surface area (Å²) < 4.78 is 10.7. The number of furan rings is 1. The molecule has 0 aliphatic heterocycles. The lowest BCUT2D eigenvalue weighted by atomic mass is 10.2. The molecule has 0 unspecified atom stereocenters. The molecule has 0 radical (unpaired) electrons. The number of nitrogens with zero attached hydrogens (tertiary/aromatic N) is 3. The predicted octanol–water partition coefficient (Wildman–Crippen LogP) is 3.59. The lowest BCUT2D eigenvalue weighted by molar-refractivity contribution is -0.384. The number of hydrogen-bond donors (Lipinski definition) is 1. The molecule has 1 N–H and O–H groups in total.